The molecule has 1 aromatic carbocycles. The Balaban J connectivity index is 2.89. The third-order valence-corrected chi connectivity index (χ3v) is 1.96. The predicted molar refractivity (Wildman–Crippen MR) is 52.6 cm³/mol. The fourth-order valence-corrected chi connectivity index (χ4v) is 1.34. The van der Waals surface area contributed by atoms with Gasteiger partial charge >= 0.3 is 0 Å². The van der Waals surface area contributed by atoms with Crippen LogP contribution in [0.3, 0.4) is 0 Å². The van der Waals surface area contributed by atoms with Gasteiger partial charge in [0.25, 0.3) is 0 Å². The van der Waals surface area contributed by atoms with E-state index in [0.29, 0.717) is 13.2 Å². The van der Waals surface area contributed by atoms with Crippen molar-refractivity contribution in [3.05, 3.63) is 34.9 Å². The second-order valence-corrected chi connectivity index (χ2v) is 3.14. The lowest BCUT2D eigenvalue weighted by Crippen LogP contribution is -1.97. The minimum absolute atomic E-state index is 0.652. The maximum absolute atomic E-state index is 5.11. The van der Waals surface area contributed by atoms with Crippen molar-refractivity contribution < 1.29 is 9.47 Å². The predicted octanol–water partition coefficient (Wildman–Crippen LogP) is 2.29. The van der Waals surface area contributed by atoms with Crippen molar-refractivity contribution in [2.24, 2.45) is 0 Å². The maximum atomic E-state index is 5.11. The minimum atomic E-state index is 0.652. The van der Waals surface area contributed by atoms with Gasteiger partial charge in [-0.05, 0) is 18.1 Å². The topological polar surface area (TPSA) is 18.5 Å². The molecule has 0 N–H and O–H groups in total. The summed E-state index contributed by atoms with van der Waals surface area (Å²) in [7, 11) is 3.41. The molecule has 1 rings (SSSR count). The van der Waals surface area contributed by atoms with E-state index in [9.17, 15) is 0 Å². The molecule has 0 radical (unpaired) electrons. The Morgan fingerprint density at radius 3 is 2.23 bits per heavy atom. The molecule has 0 aliphatic heterocycles. The van der Waals surface area contributed by atoms with Gasteiger partial charge in [-0.25, -0.2) is 0 Å². The van der Waals surface area contributed by atoms with Gasteiger partial charge in [0.1, 0.15) is 0 Å². The number of benzene rings is 1. The highest BCUT2D eigenvalue weighted by Gasteiger charge is 2.01. The summed E-state index contributed by atoms with van der Waals surface area (Å²) in [5.41, 5.74) is 3.67. The zero-order valence-electron chi connectivity index (χ0n) is 8.46. The molecule has 0 saturated heterocycles. The first-order valence-electron chi connectivity index (χ1n) is 4.34. The van der Waals surface area contributed by atoms with Crippen molar-refractivity contribution in [3.8, 4) is 0 Å². The number of rotatable bonds is 4. The molecule has 0 aliphatic rings. The monoisotopic (exact) mass is 180 g/mol. The van der Waals surface area contributed by atoms with Crippen molar-refractivity contribution in [2.45, 2.75) is 20.1 Å². The highest BCUT2D eigenvalue weighted by molar-refractivity contribution is 5.30. The molecule has 1 aromatic rings. The zero-order chi connectivity index (χ0) is 9.68. The summed E-state index contributed by atoms with van der Waals surface area (Å²) in [6.45, 7) is 3.38. The lowest BCUT2D eigenvalue weighted by Gasteiger charge is -2.08. The van der Waals surface area contributed by atoms with Crippen LogP contribution < -0.4 is 0 Å². The van der Waals surface area contributed by atoms with E-state index in [2.05, 4.69) is 25.1 Å². The fourth-order valence-electron chi connectivity index (χ4n) is 1.34. The van der Waals surface area contributed by atoms with Crippen LogP contribution in [0.15, 0.2) is 18.2 Å². The summed E-state index contributed by atoms with van der Waals surface area (Å²) in [6.07, 6.45) is 0. The number of hydrogen-bond donors (Lipinski definition) is 0. The van der Waals surface area contributed by atoms with Crippen molar-refractivity contribution in [2.75, 3.05) is 14.2 Å². The average Bonchev–Trinajstić information content (AvgIpc) is 2.10. The third kappa shape index (κ3) is 2.83. The molecule has 0 aliphatic carbocycles. The van der Waals surface area contributed by atoms with Crippen LogP contribution in [0.1, 0.15) is 16.7 Å². The van der Waals surface area contributed by atoms with E-state index in [1.54, 1.807) is 14.2 Å². The molecule has 0 atom stereocenters. The molecule has 13 heavy (non-hydrogen) atoms. The van der Waals surface area contributed by atoms with Gasteiger partial charge in [-0.2, -0.15) is 0 Å². The molecule has 72 valence electrons. The number of aryl methyl sites for hydroxylation is 1. The maximum Gasteiger partial charge on any atom is 0.0716 e. The molecule has 0 unspecified atom stereocenters. The summed E-state index contributed by atoms with van der Waals surface area (Å²) in [4.78, 5) is 0. The second kappa shape index (κ2) is 5.00. The Bertz CT molecular complexity index is 269. The van der Waals surface area contributed by atoms with Gasteiger partial charge in [0.15, 0.2) is 0 Å². The molecule has 0 heterocycles. The largest absolute Gasteiger partial charge is 0.380 e. The molecule has 0 fully saturated rings. The Morgan fingerprint density at radius 2 is 1.62 bits per heavy atom. The molecule has 0 aromatic heterocycles. The summed E-state index contributed by atoms with van der Waals surface area (Å²) < 4.78 is 10.2. The SMILES string of the molecule is COCc1ccc(C)cc1COC. The number of methoxy groups -OCH3 is 2. The van der Waals surface area contributed by atoms with Crippen LogP contribution in [-0.4, -0.2) is 14.2 Å². The van der Waals surface area contributed by atoms with E-state index in [-0.39, 0.29) is 0 Å². The van der Waals surface area contributed by atoms with Crippen LogP contribution in [0.5, 0.6) is 0 Å². The third-order valence-electron chi connectivity index (χ3n) is 1.96. The van der Waals surface area contributed by atoms with Crippen molar-refractivity contribution in [1.82, 2.24) is 0 Å². The van der Waals surface area contributed by atoms with Gasteiger partial charge in [-0.15, -0.1) is 0 Å². The zero-order valence-corrected chi connectivity index (χ0v) is 8.46. The first-order valence-corrected chi connectivity index (χ1v) is 4.34. The van der Waals surface area contributed by atoms with Gasteiger partial charge in [-0.1, -0.05) is 23.8 Å². The van der Waals surface area contributed by atoms with E-state index < -0.39 is 0 Å². The van der Waals surface area contributed by atoms with Crippen LogP contribution in [0.2, 0.25) is 0 Å². The van der Waals surface area contributed by atoms with E-state index in [1.165, 1.54) is 16.7 Å². The minimum Gasteiger partial charge on any atom is -0.380 e. The number of ether oxygens (including phenoxy) is 2. The Morgan fingerprint density at radius 1 is 1.00 bits per heavy atom. The van der Waals surface area contributed by atoms with E-state index in [0.717, 1.165) is 0 Å². The molecule has 0 bridgehead atoms. The first-order chi connectivity index (χ1) is 6.27. The van der Waals surface area contributed by atoms with Crippen LogP contribution in [0, 0.1) is 6.92 Å². The quantitative estimate of drug-likeness (QED) is 0.707. The highest BCUT2D eigenvalue weighted by Crippen LogP contribution is 2.13. The molecule has 0 amide bonds. The average molecular weight is 180 g/mol. The Hall–Kier alpha value is -0.860. The second-order valence-electron chi connectivity index (χ2n) is 3.14. The van der Waals surface area contributed by atoms with Gasteiger partial charge in [-0.3, -0.25) is 0 Å². The summed E-state index contributed by atoms with van der Waals surface area (Å²) in [5, 5.41) is 0. The molecular weight excluding hydrogens is 164 g/mol. The van der Waals surface area contributed by atoms with Gasteiger partial charge in [0.05, 0.1) is 13.2 Å². The number of hydrogen-bond acceptors (Lipinski definition) is 2. The molecule has 0 spiro atoms. The summed E-state index contributed by atoms with van der Waals surface area (Å²) in [5.74, 6) is 0. The molecule has 2 nitrogen and oxygen atoms in total. The van der Waals surface area contributed by atoms with Crippen molar-refractivity contribution in [3.63, 3.8) is 0 Å². The lowest BCUT2D eigenvalue weighted by atomic mass is 10.1. The van der Waals surface area contributed by atoms with Gasteiger partial charge in [0.2, 0.25) is 0 Å². The van der Waals surface area contributed by atoms with Gasteiger partial charge in [0, 0.05) is 14.2 Å². The van der Waals surface area contributed by atoms with Gasteiger partial charge < -0.3 is 9.47 Å². The Kier molecular flexibility index (Phi) is 3.93. The highest BCUT2D eigenvalue weighted by atomic mass is 16.5. The first kappa shape index (κ1) is 10.2. The summed E-state index contributed by atoms with van der Waals surface area (Å²) >= 11 is 0. The van der Waals surface area contributed by atoms with Crippen molar-refractivity contribution in [1.29, 1.82) is 0 Å². The van der Waals surface area contributed by atoms with Crippen LogP contribution in [0.25, 0.3) is 0 Å². The van der Waals surface area contributed by atoms with Crippen LogP contribution >= 0.6 is 0 Å². The van der Waals surface area contributed by atoms with E-state index in [4.69, 9.17) is 9.47 Å². The summed E-state index contributed by atoms with van der Waals surface area (Å²) in [6, 6.07) is 6.32. The van der Waals surface area contributed by atoms with E-state index >= 15 is 0 Å². The normalized spacial score (nSPS) is 10.4. The molecular formula is C11H16O2. The lowest BCUT2D eigenvalue weighted by molar-refractivity contribution is 0.168. The standard InChI is InChI=1S/C11H16O2/c1-9-4-5-10(7-12-2)11(6-9)8-13-3/h4-6H,7-8H2,1-3H3. The molecule has 2 heteroatoms. The van der Waals surface area contributed by atoms with E-state index in [1.807, 2.05) is 0 Å². The smallest absolute Gasteiger partial charge is 0.0716 e. The molecule has 0 saturated carbocycles. The fraction of sp³-hybridized carbons (Fsp3) is 0.455. The Labute approximate surface area is 79.5 Å². The van der Waals surface area contributed by atoms with Crippen LogP contribution in [0.4, 0.5) is 0 Å². The van der Waals surface area contributed by atoms with Crippen LogP contribution in [-0.2, 0) is 22.7 Å². The van der Waals surface area contributed by atoms with Crippen molar-refractivity contribution >= 4 is 0 Å².